The quantitative estimate of drug-likeness (QED) is 0.755. The van der Waals surface area contributed by atoms with Crippen LogP contribution in [-0.4, -0.2) is 37.4 Å². The van der Waals surface area contributed by atoms with Gasteiger partial charge in [0.25, 0.3) is 0 Å². The molecule has 1 saturated heterocycles. The Morgan fingerprint density at radius 1 is 1.35 bits per heavy atom. The lowest BCUT2D eigenvalue weighted by atomic mass is 9.78. The number of thiazole rings is 1. The summed E-state index contributed by atoms with van der Waals surface area (Å²) in [5.41, 5.74) is 0.618. The third-order valence-electron chi connectivity index (χ3n) is 4.10. The standard InChI is InChI=1S/C14H17ClN2O4S2/c1-14(2)4-9-12(10(18)5-14)22-13(16-9)17-6-8(3-11(17)19)7-23(15,20)21/h8H,3-7H2,1-2H3. The molecule has 3 rings (SSSR count). The number of hydrogen-bond donors (Lipinski definition) is 0. The van der Waals surface area contributed by atoms with E-state index in [4.69, 9.17) is 10.7 Å². The number of amides is 1. The van der Waals surface area contributed by atoms with Gasteiger partial charge in [0.2, 0.25) is 15.0 Å². The van der Waals surface area contributed by atoms with Crippen LogP contribution in [0.1, 0.15) is 42.1 Å². The van der Waals surface area contributed by atoms with Gasteiger partial charge >= 0.3 is 0 Å². The van der Waals surface area contributed by atoms with E-state index < -0.39 is 9.05 Å². The zero-order valence-electron chi connectivity index (χ0n) is 12.8. The molecule has 23 heavy (non-hydrogen) atoms. The number of aromatic nitrogens is 1. The van der Waals surface area contributed by atoms with Crippen molar-refractivity contribution in [1.29, 1.82) is 0 Å². The Morgan fingerprint density at radius 2 is 2.04 bits per heavy atom. The van der Waals surface area contributed by atoms with Crippen molar-refractivity contribution in [3.05, 3.63) is 10.6 Å². The monoisotopic (exact) mass is 376 g/mol. The molecule has 2 aliphatic rings. The normalized spacial score (nSPS) is 24.1. The van der Waals surface area contributed by atoms with Gasteiger partial charge in [0, 0.05) is 36.0 Å². The van der Waals surface area contributed by atoms with Crippen molar-refractivity contribution in [2.75, 3.05) is 17.2 Å². The van der Waals surface area contributed by atoms with Crippen LogP contribution in [0.3, 0.4) is 0 Å². The van der Waals surface area contributed by atoms with E-state index in [1.165, 1.54) is 16.2 Å². The zero-order valence-corrected chi connectivity index (χ0v) is 15.2. The first kappa shape index (κ1) is 16.9. The number of anilines is 1. The van der Waals surface area contributed by atoms with Gasteiger partial charge in [-0.25, -0.2) is 13.4 Å². The van der Waals surface area contributed by atoms with E-state index in [-0.39, 0.29) is 41.7 Å². The maximum absolute atomic E-state index is 12.2. The molecule has 0 saturated carbocycles. The zero-order chi connectivity index (χ0) is 17.0. The molecule has 1 fully saturated rings. The van der Waals surface area contributed by atoms with Crippen molar-refractivity contribution in [3.63, 3.8) is 0 Å². The highest BCUT2D eigenvalue weighted by atomic mass is 35.7. The third kappa shape index (κ3) is 3.59. The molecule has 0 aromatic carbocycles. The molecule has 1 atom stereocenters. The summed E-state index contributed by atoms with van der Waals surface area (Å²) < 4.78 is 22.4. The summed E-state index contributed by atoms with van der Waals surface area (Å²) in [4.78, 5) is 31.0. The lowest BCUT2D eigenvalue weighted by molar-refractivity contribution is -0.117. The first-order chi connectivity index (χ1) is 10.5. The van der Waals surface area contributed by atoms with Gasteiger partial charge < -0.3 is 0 Å². The van der Waals surface area contributed by atoms with Gasteiger partial charge in [-0.15, -0.1) is 0 Å². The van der Waals surface area contributed by atoms with Crippen molar-refractivity contribution in [2.45, 2.75) is 33.1 Å². The van der Waals surface area contributed by atoms with E-state index >= 15 is 0 Å². The second-order valence-electron chi connectivity index (χ2n) is 6.99. The molecular weight excluding hydrogens is 360 g/mol. The van der Waals surface area contributed by atoms with Gasteiger partial charge in [0.05, 0.1) is 16.3 Å². The molecule has 0 bridgehead atoms. The number of rotatable bonds is 3. The van der Waals surface area contributed by atoms with E-state index in [2.05, 4.69) is 4.98 Å². The smallest absolute Gasteiger partial charge is 0.232 e. The number of carbonyl (C=O) groups is 2. The van der Waals surface area contributed by atoms with Crippen molar-refractivity contribution in [2.24, 2.45) is 11.3 Å². The number of halogens is 1. The minimum atomic E-state index is -3.64. The van der Waals surface area contributed by atoms with Gasteiger partial charge in [-0.05, 0) is 11.8 Å². The first-order valence-electron chi connectivity index (χ1n) is 7.30. The van der Waals surface area contributed by atoms with Gasteiger partial charge in [-0.3, -0.25) is 14.5 Å². The number of carbonyl (C=O) groups excluding carboxylic acids is 2. The number of fused-ring (bicyclic) bond motifs is 1. The van der Waals surface area contributed by atoms with Crippen molar-refractivity contribution >= 4 is 47.9 Å². The van der Waals surface area contributed by atoms with Gasteiger partial charge in [-0.2, -0.15) is 0 Å². The summed E-state index contributed by atoms with van der Waals surface area (Å²) in [7, 11) is 1.63. The fourth-order valence-electron chi connectivity index (χ4n) is 3.18. The highest BCUT2D eigenvalue weighted by Crippen LogP contribution is 2.40. The molecular formula is C14H17ClN2O4S2. The van der Waals surface area contributed by atoms with E-state index in [9.17, 15) is 18.0 Å². The molecule has 1 amide bonds. The minimum absolute atomic E-state index is 0.0616. The number of Topliss-reactive ketones (excluding diaryl/α,β-unsaturated/α-hetero) is 1. The van der Waals surface area contributed by atoms with E-state index in [1.54, 1.807) is 0 Å². The van der Waals surface area contributed by atoms with Gasteiger partial charge in [-0.1, -0.05) is 25.2 Å². The fourth-order valence-corrected chi connectivity index (χ4v) is 5.55. The maximum atomic E-state index is 12.2. The second kappa shape index (κ2) is 5.53. The minimum Gasteiger partial charge on any atom is -0.293 e. The first-order valence-corrected chi connectivity index (χ1v) is 10.6. The van der Waals surface area contributed by atoms with Crippen LogP contribution in [0.4, 0.5) is 5.13 Å². The average Bonchev–Trinajstić information content (AvgIpc) is 2.89. The van der Waals surface area contributed by atoms with E-state index in [0.717, 1.165) is 5.69 Å². The van der Waals surface area contributed by atoms with Gasteiger partial charge in [0.1, 0.15) is 0 Å². The second-order valence-corrected chi connectivity index (χ2v) is 10.8. The lowest BCUT2D eigenvalue weighted by Crippen LogP contribution is -2.26. The van der Waals surface area contributed by atoms with Crippen LogP contribution in [0.2, 0.25) is 0 Å². The predicted molar refractivity (Wildman–Crippen MR) is 88.6 cm³/mol. The fraction of sp³-hybridized carbons (Fsp3) is 0.643. The van der Waals surface area contributed by atoms with Crippen molar-refractivity contribution < 1.29 is 18.0 Å². The lowest BCUT2D eigenvalue weighted by Gasteiger charge is -2.26. The Labute approximate surface area is 143 Å². The molecule has 0 N–H and O–H groups in total. The van der Waals surface area contributed by atoms with Crippen LogP contribution in [0, 0.1) is 11.3 Å². The predicted octanol–water partition coefficient (Wildman–Crippen LogP) is 2.22. The van der Waals surface area contributed by atoms with Crippen LogP contribution < -0.4 is 4.90 Å². The Balaban J connectivity index is 1.84. The maximum Gasteiger partial charge on any atom is 0.232 e. The van der Waals surface area contributed by atoms with Crippen LogP contribution in [0.25, 0.3) is 0 Å². The van der Waals surface area contributed by atoms with Crippen LogP contribution in [0.5, 0.6) is 0 Å². The number of ketones is 1. The summed E-state index contributed by atoms with van der Waals surface area (Å²) in [5.74, 6) is -0.675. The van der Waals surface area contributed by atoms with Gasteiger partial charge in [0.15, 0.2) is 10.9 Å². The molecule has 1 unspecified atom stereocenters. The van der Waals surface area contributed by atoms with Crippen molar-refractivity contribution in [3.8, 4) is 0 Å². The molecule has 126 valence electrons. The molecule has 1 aliphatic carbocycles. The molecule has 2 heterocycles. The largest absolute Gasteiger partial charge is 0.293 e. The molecule has 0 radical (unpaired) electrons. The molecule has 1 aliphatic heterocycles. The number of nitrogens with zero attached hydrogens (tertiary/aromatic N) is 2. The summed E-state index contributed by atoms with van der Waals surface area (Å²) in [6, 6.07) is 0. The Hall–Kier alpha value is -0.990. The van der Waals surface area contributed by atoms with Crippen LogP contribution in [0.15, 0.2) is 0 Å². The van der Waals surface area contributed by atoms with Crippen LogP contribution >= 0.6 is 22.0 Å². The Kier molecular flexibility index (Phi) is 4.05. The van der Waals surface area contributed by atoms with E-state index in [1.807, 2.05) is 13.8 Å². The Bertz CT molecular complexity index is 785. The molecule has 1 aromatic heterocycles. The van der Waals surface area contributed by atoms with E-state index in [0.29, 0.717) is 22.9 Å². The highest BCUT2D eigenvalue weighted by Gasteiger charge is 2.38. The summed E-state index contributed by atoms with van der Waals surface area (Å²) in [6.45, 7) is 4.32. The summed E-state index contributed by atoms with van der Waals surface area (Å²) >= 11 is 1.23. The average molecular weight is 377 g/mol. The van der Waals surface area contributed by atoms with Crippen LogP contribution in [-0.2, 0) is 20.3 Å². The summed E-state index contributed by atoms with van der Waals surface area (Å²) in [6.07, 6.45) is 1.31. The molecule has 1 aromatic rings. The Morgan fingerprint density at radius 3 is 2.70 bits per heavy atom. The molecule has 6 nitrogen and oxygen atoms in total. The topological polar surface area (TPSA) is 84.4 Å². The molecule has 0 spiro atoms. The highest BCUT2D eigenvalue weighted by molar-refractivity contribution is 8.13. The SMILES string of the molecule is CC1(C)CC(=O)c2sc(N3CC(CS(=O)(=O)Cl)CC3=O)nc2C1. The molecule has 9 heteroatoms. The summed E-state index contributed by atoms with van der Waals surface area (Å²) in [5, 5.41) is 0.487. The number of hydrogen-bond acceptors (Lipinski definition) is 6. The van der Waals surface area contributed by atoms with Crippen molar-refractivity contribution in [1.82, 2.24) is 4.98 Å². The third-order valence-corrected chi connectivity index (χ3v) is 6.50.